The fourth-order valence-corrected chi connectivity index (χ4v) is 5.14. The van der Waals surface area contributed by atoms with Crippen LogP contribution in [0.1, 0.15) is 50.7 Å². The first-order chi connectivity index (χ1) is 18.4. The number of rotatable bonds is 8. The number of benzene rings is 2. The number of aliphatic carboxylic acids is 1. The molecule has 4 N–H and O–H groups in total. The second kappa shape index (κ2) is 11.0. The summed E-state index contributed by atoms with van der Waals surface area (Å²) in [5.74, 6) is -3.45. The number of carboxylic acids is 1. The van der Waals surface area contributed by atoms with Crippen LogP contribution in [-0.4, -0.2) is 81.1 Å². The molecular formula is C28H33N3O8. The summed E-state index contributed by atoms with van der Waals surface area (Å²) in [6.07, 6.45) is -3.00. The summed E-state index contributed by atoms with van der Waals surface area (Å²) in [5, 5.41) is 22.1. The molecule has 0 radical (unpaired) electrons. The third-order valence-corrected chi connectivity index (χ3v) is 6.71. The average molecular weight is 540 g/mol. The number of aliphatic hydroxyl groups excluding tert-OH is 1. The summed E-state index contributed by atoms with van der Waals surface area (Å²) in [7, 11) is 0. The number of hydrogen-bond acceptors (Lipinski definition) is 8. The van der Waals surface area contributed by atoms with E-state index >= 15 is 0 Å². The van der Waals surface area contributed by atoms with Gasteiger partial charge in [-0.15, -0.1) is 0 Å². The summed E-state index contributed by atoms with van der Waals surface area (Å²) >= 11 is 0. The standard InChI is InChI=1S/C28H33N3O8/c1-28(2,3)39-27(37)31(22(25(34)35)13-24(29)33)30-14-16(32)12-23(30)26(36)38-15-21-19-10-6-4-8-17(19)18-9-5-7-11-20(18)21/h4-11,16,21-23,32H,12-15H2,1-3H3,(H2,29,33)(H,34,35)/t16-,22+,23+/m1/s1. The number of carboxylic acid groups (broad SMARTS) is 1. The second-order valence-corrected chi connectivity index (χ2v) is 10.7. The first kappa shape index (κ1) is 28.1. The Labute approximate surface area is 226 Å². The third-order valence-electron chi connectivity index (χ3n) is 6.71. The van der Waals surface area contributed by atoms with Crippen molar-refractivity contribution in [2.24, 2.45) is 5.73 Å². The lowest BCUT2D eigenvalue weighted by Crippen LogP contribution is -2.60. The molecule has 2 aliphatic rings. The van der Waals surface area contributed by atoms with Gasteiger partial charge in [-0.25, -0.2) is 14.6 Å². The number of amides is 2. The molecule has 0 saturated carbocycles. The quantitative estimate of drug-likeness (QED) is 0.428. The van der Waals surface area contributed by atoms with Gasteiger partial charge in [0.05, 0.1) is 12.5 Å². The van der Waals surface area contributed by atoms with Crippen molar-refractivity contribution >= 4 is 23.9 Å². The molecule has 1 aliphatic carbocycles. The Kier molecular flexibility index (Phi) is 7.94. The van der Waals surface area contributed by atoms with Crippen LogP contribution in [0.5, 0.6) is 0 Å². The number of hydrogen-bond donors (Lipinski definition) is 3. The van der Waals surface area contributed by atoms with Gasteiger partial charge in [0.1, 0.15) is 18.2 Å². The zero-order valence-corrected chi connectivity index (χ0v) is 22.1. The van der Waals surface area contributed by atoms with E-state index in [4.69, 9.17) is 15.2 Å². The van der Waals surface area contributed by atoms with Gasteiger partial charge in [0.2, 0.25) is 5.91 Å². The van der Waals surface area contributed by atoms with Crippen molar-refractivity contribution in [3.63, 3.8) is 0 Å². The maximum Gasteiger partial charge on any atom is 0.425 e. The van der Waals surface area contributed by atoms with Crippen molar-refractivity contribution in [2.75, 3.05) is 13.2 Å². The minimum atomic E-state index is -1.76. The average Bonchev–Trinajstić information content (AvgIpc) is 3.38. The molecule has 2 aromatic rings. The van der Waals surface area contributed by atoms with Gasteiger partial charge in [0, 0.05) is 18.9 Å². The fourth-order valence-electron chi connectivity index (χ4n) is 5.14. The Morgan fingerprint density at radius 1 is 1.05 bits per heavy atom. The number of primary amides is 1. The number of β-amino-alcohol motifs (C(OH)–C–C–N with tert-alkyl or cyclic N) is 1. The van der Waals surface area contributed by atoms with Crippen LogP contribution in [0.3, 0.4) is 0 Å². The highest BCUT2D eigenvalue weighted by Gasteiger charge is 2.48. The van der Waals surface area contributed by atoms with E-state index in [1.54, 1.807) is 20.8 Å². The number of aliphatic hydroxyl groups is 1. The van der Waals surface area contributed by atoms with Crippen LogP contribution in [-0.2, 0) is 23.9 Å². The van der Waals surface area contributed by atoms with Crippen LogP contribution < -0.4 is 5.73 Å². The van der Waals surface area contributed by atoms with E-state index in [1.807, 2.05) is 48.5 Å². The second-order valence-electron chi connectivity index (χ2n) is 10.7. The zero-order valence-electron chi connectivity index (χ0n) is 22.1. The van der Waals surface area contributed by atoms with Crippen molar-refractivity contribution in [3.8, 4) is 11.1 Å². The van der Waals surface area contributed by atoms with Crippen molar-refractivity contribution in [3.05, 3.63) is 59.7 Å². The van der Waals surface area contributed by atoms with E-state index in [0.29, 0.717) is 5.01 Å². The van der Waals surface area contributed by atoms with Gasteiger partial charge in [0.25, 0.3) is 0 Å². The minimum absolute atomic E-state index is 0.00335. The molecule has 2 aromatic carbocycles. The highest BCUT2D eigenvalue weighted by molar-refractivity contribution is 5.87. The summed E-state index contributed by atoms with van der Waals surface area (Å²) in [4.78, 5) is 50.4. The van der Waals surface area contributed by atoms with Gasteiger partial charge in [-0.2, -0.15) is 5.01 Å². The molecule has 0 spiro atoms. The van der Waals surface area contributed by atoms with Gasteiger partial charge in [-0.05, 0) is 43.0 Å². The van der Waals surface area contributed by atoms with E-state index in [-0.39, 0.29) is 25.5 Å². The normalized spacial score (nSPS) is 19.6. The van der Waals surface area contributed by atoms with Gasteiger partial charge in [0.15, 0.2) is 6.04 Å². The summed E-state index contributed by atoms with van der Waals surface area (Å²) in [6.45, 7) is 4.53. The monoisotopic (exact) mass is 539 g/mol. The fraction of sp³-hybridized carbons (Fsp3) is 0.429. The number of hydrazine groups is 1. The first-order valence-electron chi connectivity index (χ1n) is 12.7. The molecule has 0 aromatic heterocycles. The van der Waals surface area contributed by atoms with E-state index in [0.717, 1.165) is 27.3 Å². The molecular weight excluding hydrogens is 506 g/mol. The van der Waals surface area contributed by atoms with Gasteiger partial charge in [-0.3, -0.25) is 9.59 Å². The van der Waals surface area contributed by atoms with Crippen LogP contribution in [0.15, 0.2) is 48.5 Å². The molecule has 11 nitrogen and oxygen atoms in total. The van der Waals surface area contributed by atoms with Crippen molar-refractivity contribution in [1.29, 1.82) is 0 Å². The Balaban J connectivity index is 1.60. The zero-order chi connectivity index (χ0) is 28.5. The Morgan fingerprint density at radius 3 is 2.13 bits per heavy atom. The molecule has 1 saturated heterocycles. The molecule has 2 amide bonds. The molecule has 0 unspecified atom stereocenters. The smallest absolute Gasteiger partial charge is 0.425 e. The van der Waals surface area contributed by atoms with Crippen LogP contribution in [0.4, 0.5) is 4.79 Å². The SMILES string of the molecule is CC(C)(C)OC(=O)N([C@@H](CC(N)=O)C(=O)O)N1C[C@H](O)C[C@H]1C(=O)OCC1c2ccccc2-c2ccccc21. The number of fused-ring (bicyclic) bond motifs is 3. The maximum atomic E-state index is 13.4. The molecule has 1 heterocycles. The van der Waals surface area contributed by atoms with Crippen LogP contribution in [0.25, 0.3) is 11.1 Å². The molecule has 1 aliphatic heterocycles. The topological polar surface area (TPSA) is 160 Å². The van der Waals surface area contributed by atoms with E-state index < -0.39 is 54.1 Å². The number of carbonyl (C=O) groups excluding carboxylic acids is 3. The van der Waals surface area contributed by atoms with Crippen LogP contribution >= 0.6 is 0 Å². The molecule has 208 valence electrons. The Hall–Kier alpha value is -3.96. The lowest BCUT2D eigenvalue weighted by molar-refractivity contribution is -0.166. The summed E-state index contributed by atoms with van der Waals surface area (Å²) < 4.78 is 11.1. The molecule has 39 heavy (non-hydrogen) atoms. The number of carbonyl (C=O) groups is 4. The largest absolute Gasteiger partial charge is 0.480 e. The van der Waals surface area contributed by atoms with E-state index in [2.05, 4.69) is 0 Å². The van der Waals surface area contributed by atoms with Crippen molar-refractivity contribution < 1.29 is 38.9 Å². The highest BCUT2D eigenvalue weighted by Crippen LogP contribution is 2.44. The van der Waals surface area contributed by atoms with Crippen LogP contribution in [0.2, 0.25) is 0 Å². The lowest BCUT2D eigenvalue weighted by atomic mass is 9.98. The number of nitrogens with zero attached hydrogens (tertiary/aromatic N) is 2. The summed E-state index contributed by atoms with van der Waals surface area (Å²) in [5.41, 5.74) is 8.39. The van der Waals surface area contributed by atoms with Gasteiger partial charge < -0.3 is 25.4 Å². The number of ether oxygens (including phenoxy) is 2. The number of nitrogens with two attached hydrogens (primary N) is 1. The number of esters is 1. The van der Waals surface area contributed by atoms with Crippen LogP contribution in [0, 0.1) is 0 Å². The predicted octanol–water partition coefficient (Wildman–Crippen LogP) is 2.26. The lowest BCUT2D eigenvalue weighted by Gasteiger charge is -2.38. The molecule has 11 heteroatoms. The molecule has 0 bridgehead atoms. The van der Waals surface area contributed by atoms with Gasteiger partial charge in [-0.1, -0.05) is 48.5 Å². The highest BCUT2D eigenvalue weighted by atomic mass is 16.6. The molecule has 3 atom stereocenters. The summed E-state index contributed by atoms with van der Waals surface area (Å²) in [6, 6.07) is 12.7. The predicted molar refractivity (Wildman–Crippen MR) is 139 cm³/mol. The Bertz CT molecular complexity index is 1230. The Morgan fingerprint density at radius 2 is 1.62 bits per heavy atom. The third kappa shape index (κ3) is 6.04. The maximum absolute atomic E-state index is 13.4. The first-order valence-corrected chi connectivity index (χ1v) is 12.7. The molecule has 4 rings (SSSR count). The van der Waals surface area contributed by atoms with E-state index in [1.165, 1.54) is 0 Å². The molecule has 1 fully saturated rings. The minimum Gasteiger partial charge on any atom is -0.480 e. The van der Waals surface area contributed by atoms with E-state index in [9.17, 15) is 29.4 Å². The van der Waals surface area contributed by atoms with Gasteiger partial charge >= 0.3 is 18.0 Å². The van der Waals surface area contributed by atoms with Crippen molar-refractivity contribution in [2.45, 2.75) is 63.3 Å². The van der Waals surface area contributed by atoms with Crippen molar-refractivity contribution in [1.82, 2.24) is 10.0 Å².